The van der Waals surface area contributed by atoms with Crippen LogP contribution >= 0.6 is 11.3 Å². The molecule has 6 heteroatoms. The highest BCUT2D eigenvalue weighted by Gasteiger charge is 2.42. The summed E-state index contributed by atoms with van der Waals surface area (Å²) >= 11 is 1.90. The average Bonchev–Trinajstić information content (AvgIpc) is 3.89. The number of para-hydroxylation sites is 5. The van der Waals surface area contributed by atoms with E-state index in [9.17, 15) is 0 Å². The van der Waals surface area contributed by atoms with Gasteiger partial charge in [0.05, 0.1) is 22.1 Å². The van der Waals surface area contributed by atoms with Crippen molar-refractivity contribution in [1.82, 2.24) is 9.13 Å². The summed E-state index contributed by atoms with van der Waals surface area (Å²) in [4.78, 5) is 0. The lowest BCUT2D eigenvalue weighted by Crippen LogP contribution is -2.49. The molecule has 2 aliphatic heterocycles. The summed E-state index contributed by atoms with van der Waals surface area (Å²) in [6.07, 6.45) is 0. The summed E-state index contributed by atoms with van der Waals surface area (Å²) in [5, 5.41) is 7.63. The van der Waals surface area contributed by atoms with E-state index in [0.717, 1.165) is 50.6 Å². The van der Waals surface area contributed by atoms with E-state index in [4.69, 9.17) is 9.31 Å². The third kappa shape index (κ3) is 3.63. The van der Waals surface area contributed by atoms with Crippen molar-refractivity contribution in [3.05, 3.63) is 164 Å². The highest BCUT2D eigenvalue weighted by molar-refractivity contribution is 7.27. The Morgan fingerprint density at radius 3 is 1.59 bits per heavy atom. The zero-order valence-electron chi connectivity index (χ0n) is 28.8. The molecular weight excluding hydrogens is 679 g/mol. The average molecular weight is 707 g/mol. The molecule has 0 radical (unpaired) electrons. The van der Waals surface area contributed by atoms with Crippen molar-refractivity contribution in [2.45, 2.75) is 0 Å². The molecule has 3 aromatic heterocycles. The smallest absolute Gasteiger partial charge is 0.521 e. The van der Waals surface area contributed by atoms with Gasteiger partial charge >= 0.3 is 7.12 Å². The van der Waals surface area contributed by atoms with Gasteiger partial charge in [-0.1, -0.05) is 109 Å². The van der Waals surface area contributed by atoms with Crippen LogP contribution < -0.4 is 14.8 Å². The predicted molar refractivity (Wildman–Crippen MR) is 226 cm³/mol. The van der Waals surface area contributed by atoms with Crippen molar-refractivity contribution in [1.29, 1.82) is 0 Å². The van der Waals surface area contributed by atoms with Gasteiger partial charge in [-0.3, -0.25) is 0 Å². The molecule has 5 heterocycles. The van der Waals surface area contributed by atoms with Crippen LogP contribution in [0.3, 0.4) is 0 Å². The zero-order chi connectivity index (χ0) is 35.1. The van der Waals surface area contributed by atoms with Gasteiger partial charge in [-0.05, 0) is 65.7 Å². The van der Waals surface area contributed by atoms with Crippen molar-refractivity contribution < 1.29 is 9.31 Å². The van der Waals surface area contributed by atoms with Crippen LogP contribution in [-0.4, -0.2) is 16.3 Å². The topological polar surface area (TPSA) is 28.3 Å². The Hall–Kier alpha value is -6.76. The standard InChI is InChI=1S/C48H27BN2O2S/c1-2-14-28(15-3-1)50-37-21-9-4-18-32(37)42-46-43(48-44(47(42)50)34-20-8-13-25-41(34)54-48)33-19-5-10-22-38(33)51(46)29-26-35-30-16-6-11-23-39(30)52-49-45(35)36(27-29)31-17-7-12-24-40(31)53-49/h1-27H. The van der Waals surface area contributed by atoms with E-state index in [0.29, 0.717) is 0 Å². The Labute approximate surface area is 313 Å². The van der Waals surface area contributed by atoms with Crippen LogP contribution in [0.1, 0.15) is 0 Å². The molecule has 0 saturated heterocycles. The van der Waals surface area contributed by atoms with Gasteiger partial charge in [0.15, 0.2) is 0 Å². The number of hydrogen-bond donors (Lipinski definition) is 0. The van der Waals surface area contributed by atoms with Crippen LogP contribution in [0.5, 0.6) is 11.5 Å². The molecule has 2 aliphatic rings. The largest absolute Gasteiger partial charge is 0.633 e. The molecule has 0 saturated carbocycles. The quantitative estimate of drug-likeness (QED) is 0.167. The van der Waals surface area contributed by atoms with Crippen LogP contribution in [-0.2, 0) is 0 Å². The van der Waals surface area contributed by atoms with E-state index in [1.165, 1.54) is 63.8 Å². The van der Waals surface area contributed by atoms with Gasteiger partial charge in [-0.25, -0.2) is 0 Å². The van der Waals surface area contributed by atoms with Crippen molar-refractivity contribution in [3.63, 3.8) is 0 Å². The predicted octanol–water partition coefficient (Wildman–Crippen LogP) is 12.1. The van der Waals surface area contributed by atoms with Crippen LogP contribution in [0.25, 0.3) is 97.4 Å². The first-order valence-corrected chi connectivity index (χ1v) is 19.2. The van der Waals surface area contributed by atoms with Gasteiger partial charge in [0, 0.05) is 69.7 Å². The lowest BCUT2D eigenvalue weighted by Gasteiger charge is -2.32. The third-order valence-corrected chi connectivity index (χ3v) is 12.7. The Morgan fingerprint density at radius 2 is 0.926 bits per heavy atom. The Balaban J connectivity index is 1.29. The van der Waals surface area contributed by atoms with Crippen LogP contribution in [0.2, 0.25) is 0 Å². The number of thiophene rings is 1. The van der Waals surface area contributed by atoms with Crippen molar-refractivity contribution >= 4 is 87.7 Å². The molecule has 54 heavy (non-hydrogen) atoms. The minimum absolute atomic E-state index is 0.527. The first-order chi connectivity index (χ1) is 26.8. The Kier molecular flexibility index (Phi) is 5.56. The van der Waals surface area contributed by atoms with E-state index in [-0.39, 0.29) is 0 Å². The Morgan fingerprint density at radius 1 is 0.426 bits per heavy atom. The van der Waals surface area contributed by atoms with Gasteiger partial charge in [0.1, 0.15) is 11.5 Å². The summed E-state index contributed by atoms with van der Waals surface area (Å²) in [7, 11) is -0.527. The fraction of sp³-hybridized carbons (Fsp3) is 0. The summed E-state index contributed by atoms with van der Waals surface area (Å²) in [5.74, 6) is 1.67. The summed E-state index contributed by atoms with van der Waals surface area (Å²) < 4.78 is 20.8. The maximum Gasteiger partial charge on any atom is 0.633 e. The van der Waals surface area contributed by atoms with Gasteiger partial charge in [0.2, 0.25) is 0 Å². The maximum atomic E-state index is 6.56. The van der Waals surface area contributed by atoms with Gasteiger partial charge < -0.3 is 18.4 Å². The molecule has 0 spiro atoms. The molecule has 8 aromatic carbocycles. The molecule has 13 rings (SSSR count). The van der Waals surface area contributed by atoms with E-state index < -0.39 is 7.12 Å². The fourth-order valence-corrected chi connectivity index (χ4v) is 10.7. The monoisotopic (exact) mass is 706 g/mol. The number of nitrogens with zero attached hydrogens (tertiary/aromatic N) is 2. The van der Waals surface area contributed by atoms with Crippen molar-refractivity contribution in [3.8, 4) is 45.1 Å². The number of aromatic nitrogens is 2. The van der Waals surface area contributed by atoms with E-state index >= 15 is 0 Å². The first kappa shape index (κ1) is 28.8. The van der Waals surface area contributed by atoms with Crippen LogP contribution in [0.4, 0.5) is 0 Å². The van der Waals surface area contributed by atoms with Crippen LogP contribution in [0, 0.1) is 0 Å². The third-order valence-electron chi connectivity index (χ3n) is 11.5. The van der Waals surface area contributed by atoms with Crippen LogP contribution in [0.15, 0.2) is 164 Å². The van der Waals surface area contributed by atoms with E-state index in [1.807, 2.05) is 23.5 Å². The second kappa shape index (κ2) is 10.4. The number of fused-ring (bicyclic) bond motifs is 16. The Bertz CT molecular complexity index is 3340. The van der Waals surface area contributed by atoms with E-state index in [1.54, 1.807) is 0 Å². The van der Waals surface area contributed by atoms with Crippen molar-refractivity contribution in [2.75, 3.05) is 0 Å². The SMILES string of the molecule is c1ccc(-n2c3ccccc3c3c4c(c5ccccc5n4-c4cc5c6c(c4)-c4ccccc4OB6Oc4ccccc4-5)c4sc5ccccc5c4c32)cc1. The summed E-state index contributed by atoms with van der Waals surface area (Å²) in [6, 6.07) is 59.1. The molecule has 0 amide bonds. The normalized spacial score (nSPS) is 13.1. The highest BCUT2D eigenvalue weighted by atomic mass is 32.1. The van der Waals surface area contributed by atoms with Crippen molar-refractivity contribution in [2.24, 2.45) is 0 Å². The summed E-state index contributed by atoms with van der Waals surface area (Å²) in [6.45, 7) is 0. The first-order valence-electron chi connectivity index (χ1n) is 18.4. The lowest BCUT2D eigenvalue weighted by atomic mass is 9.66. The molecule has 0 N–H and O–H groups in total. The second-order valence-electron chi connectivity index (χ2n) is 14.3. The molecular formula is C48H27BN2O2S. The van der Waals surface area contributed by atoms with Gasteiger partial charge in [0.25, 0.3) is 0 Å². The number of hydrogen-bond acceptors (Lipinski definition) is 3. The molecule has 0 bridgehead atoms. The fourth-order valence-electron chi connectivity index (χ4n) is 9.42. The maximum absolute atomic E-state index is 6.56. The summed E-state index contributed by atoms with van der Waals surface area (Å²) in [5.41, 5.74) is 12.6. The minimum atomic E-state index is -0.527. The van der Waals surface area contributed by atoms with Gasteiger partial charge in [-0.15, -0.1) is 11.3 Å². The molecule has 0 aliphatic carbocycles. The molecule has 0 fully saturated rings. The van der Waals surface area contributed by atoms with E-state index in [2.05, 4.69) is 161 Å². The second-order valence-corrected chi connectivity index (χ2v) is 15.4. The highest BCUT2D eigenvalue weighted by Crippen LogP contribution is 2.52. The number of rotatable bonds is 2. The molecule has 11 aromatic rings. The van der Waals surface area contributed by atoms with Gasteiger partial charge in [-0.2, -0.15) is 0 Å². The molecule has 0 atom stereocenters. The molecule has 250 valence electrons. The number of benzene rings is 8. The molecule has 4 nitrogen and oxygen atoms in total. The minimum Gasteiger partial charge on any atom is -0.521 e. The zero-order valence-corrected chi connectivity index (χ0v) is 29.6. The lowest BCUT2D eigenvalue weighted by molar-refractivity contribution is 0.436. The molecule has 0 unspecified atom stereocenters.